The first-order valence-corrected chi connectivity index (χ1v) is 16.4. The molecular weight excluding hydrogens is 520 g/mol. The van der Waals surface area contributed by atoms with Crippen LogP contribution in [0.5, 0.6) is 0 Å². The summed E-state index contributed by atoms with van der Waals surface area (Å²) in [4.78, 5) is 23.6. The highest BCUT2D eigenvalue weighted by atomic mass is 16.2. The molecule has 6 heterocycles. The number of amides is 1. The van der Waals surface area contributed by atoms with Crippen LogP contribution in [0.2, 0.25) is 0 Å². The van der Waals surface area contributed by atoms with Crippen molar-refractivity contribution < 1.29 is 4.79 Å². The molecular formula is C35H48N6O. The third-order valence-electron chi connectivity index (χ3n) is 12.5. The molecule has 6 aliphatic heterocycles. The number of rotatable bonds is 2. The number of piperazine rings is 2. The Hall–Kier alpha value is -2.61. The highest BCUT2D eigenvalue weighted by Gasteiger charge is 2.75. The smallest absolute Gasteiger partial charge is 0.219 e. The second kappa shape index (κ2) is 9.20. The van der Waals surface area contributed by atoms with Crippen LogP contribution >= 0.6 is 0 Å². The molecule has 0 aromatic heterocycles. The van der Waals surface area contributed by atoms with Crippen molar-refractivity contribution in [3.8, 4) is 0 Å². The normalized spacial score (nSPS) is 38.9. The number of likely N-dealkylation sites (N-methyl/N-ethyl adjacent to an activating group) is 1. The first-order chi connectivity index (χ1) is 20.2. The summed E-state index contributed by atoms with van der Waals surface area (Å²) in [5, 5.41) is 8.34. The lowest BCUT2D eigenvalue weighted by Crippen LogP contribution is -2.82. The zero-order chi connectivity index (χ0) is 29.1. The highest BCUT2D eigenvalue weighted by Crippen LogP contribution is 2.69. The Bertz CT molecular complexity index is 1410. The molecule has 8 atom stereocenters. The summed E-state index contributed by atoms with van der Waals surface area (Å²) in [6.45, 7) is 15.0. The average molecular weight is 569 g/mol. The number of para-hydroxylation sites is 2. The molecule has 0 saturated carbocycles. The summed E-state index contributed by atoms with van der Waals surface area (Å²) in [6.07, 6.45) is 2.59. The zero-order valence-corrected chi connectivity index (χ0v) is 26.2. The van der Waals surface area contributed by atoms with E-state index in [0.717, 1.165) is 39.0 Å². The molecule has 7 heteroatoms. The molecule has 2 aromatic rings. The van der Waals surface area contributed by atoms with Gasteiger partial charge in [0.05, 0.1) is 12.3 Å². The molecule has 7 nitrogen and oxygen atoms in total. The maximum atomic E-state index is 13.1. The standard InChI is InChI=1S/C35H48N6O/c1-21(2)30-19-40-24(17-38(30)6)15-34-26-11-7-9-13-28(26)37-33(34)41-20-31(22(3)4)39(23(5)42)18-25(41)16-35(34)27-12-8-10-14-29(27)36-32(35)40/h7-14,21-22,24-25,30-33,36-37H,15-20H2,1-6H3/t24?,25-,30+,31+,32+,33+,34?,35?/m0/s1. The van der Waals surface area contributed by atoms with Gasteiger partial charge in [-0.2, -0.15) is 0 Å². The van der Waals surface area contributed by atoms with Crippen LogP contribution in [-0.4, -0.2) is 95.2 Å². The zero-order valence-electron chi connectivity index (χ0n) is 26.2. The van der Waals surface area contributed by atoms with Crippen molar-refractivity contribution in [1.82, 2.24) is 19.6 Å². The monoisotopic (exact) mass is 568 g/mol. The topological polar surface area (TPSA) is 54.1 Å². The molecule has 2 aromatic carbocycles. The minimum atomic E-state index is -0.115. The number of nitrogens with one attached hydrogen (secondary N) is 2. The molecule has 8 rings (SSSR count). The molecule has 4 saturated heterocycles. The van der Waals surface area contributed by atoms with Gasteiger partial charge < -0.3 is 20.4 Å². The molecule has 6 aliphatic rings. The van der Waals surface area contributed by atoms with E-state index in [1.807, 2.05) is 0 Å². The number of carbonyl (C=O) groups is 1. The molecule has 2 N–H and O–H groups in total. The van der Waals surface area contributed by atoms with E-state index in [9.17, 15) is 4.79 Å². The molecule has 2 spiro atoms. The minimum absolute atomic E-state index is 0.0863. The van der Waals surface area contributed by atoms with Crippen LogP contribution in [0.15, 0.2) is 48.5 Å². The summed E-state index contributed by atoms with van der Waals surface area (Å²) < 4.78 is 0. The van der Waals surface area contributed by atoms with E-state index >= 15 is 0 Å². The molecule has 4 fully saturated rings. The maximum Gasteiger partial charge on any atom is 0.219 e. The number of nitrogens with zero attached hydrogens (tertiary/aromatic N) is 4. The lowest BCUT2D eigenvalue weighted by molar-refractivity contribution is -0.160. The van der Waals surface area contributed by atoms with Crippen LogP contribution in [0.4, 0.5) is 11.4 Å². The van der Waals surface area contributed by atoms with Crippen molar-refractivity contribution >= 4 is 17.3 Å². The van der Waals surface area contributed by atoms with Gasteiger partial charge in [-0.15, -0.1) is 0 Å². The third kappa shape index (κ3) is 3.31. The fourth-order valence-corrected chi connectivity index (χ4v) is 10.7. The van der Waals surface area contributed by atoms with Gasteiger partial charge in [0.1, 0.15) is 0 Å². The lowest BCUT2D eigenvalue weighted by atomic mass is 9.47. The minimum Gasteiger partial charge on any atom is -0.369 e. The Labute approximate surface area is 251 Å². The summed E-state index contributed by atoms with van der Waals surface area (Å²) in [5.41, 5.74) is 5.39. The first kappa shape index (κ1) is 27.0. The van der Waals surface area contributed by atoms with Gasteiger partial charge in [0.15, 0.2) is 0 Å². The van der Waals surface area contributed by atoms with E-state index in [1.54, 1.807) is 6.92 Å². The highest BCUT2D eigenvalue weighted by molar-refractivity contribution is 5.75. The summed E-state index contributed by atoms with van der Waals surface area (Å²) in [6, 6.07) is 19.9. The van der Waals surface area contributed by atoms with E-state index in [0.29, 0.717) is 30.0 Å². The number of hydrogen-bond donors (Lipinski definition) is 2. The van der Waals surface area contributed by atoms with E-state index in [4.69, 9.17) is 0 Å². The van der Waals surface area contributed by atoms with Crippen LogP contribution in [0.1, 0.15) is 58.6 Å². The number of piperidine rings is 2. The average Bonchev–Trinajstić information content (AvgIpc) is 3.47. The molecule has 3 unspecified atom stereocenters. The number of hydrogen-bond acceptors (Lipinski definition) is 6. The number of benzene rings is 2. The molecule has 224 valence electrons. The Balaban J connectivity index is 1.35. The second-order valence-electron chi connectivity index (χ2n) is 15.0. The van der Waals surface area contributed by atoms with E-state index in [1.165, 1.54) is 22.5 Å². The van der Waals surface area contributed by atoms with E-state index in [2.05, 4.69) is 114 Å². The molecule has 1 amide bonds. The van der Waals surface area contributed by atoms with E-state index < -0.39 is 0 Å². The quantitative estimate of drug-likeness (QED) is 0.561. The van der Waals surface area contributed by atoms with Gasteiger partial charge in [-0.1, -0.05) is 64.1 Å². The molecule has 0 aliphatic carbocycles. The predicted molar refractivity (Wildman–Crippen MR) is 169 cm³/mol. The van der Waals surface area contributed by atoms with Crippen LogP contribution in [0.25, 0.3) is 0 Å². The van der Waals surface area contributed by atoms with Crippen LogP contribution in [0.3, 0.4) is 0 Å². The van der Waals surface area contributed by atoms with Gasteiger partial charge in [0, 0.05) is 79.5 Å². The first-order valence-electron chi connectivity index (χ1n) is 16.4. The van der Waals surface area contributed by atoms with Gasteiger partial charge in [-0.3, -0.25) is 14.6 Å². The second-order valence-corrected chi connectivity index (χ2v) is 15.0. The predicted octanol–water partition coefficient (Wildman–Crippen LogP) is 4.37. The van der Waals surface area contributed by atoms with Crippen molar-refractivity contribution in [1.29, 1.82) is 0 Å². The van der Waals surface area contributed by atoms with Crippen molar-refractivity contribution in [3.63, 3.8) is 0 Å². The SMILES string of the molecule is CC(=O)N1C[C@@H]2CC34c5ccccc5N[C@@H]3N3C[C@H](C(C)C)N(C)CC3CC43c4ccccc4N[C@@H]3N2C[C@@H]1C(C)C. The Morgan fingerprint density at radius 2 is 1.21 bits per heavy atom. The molecule has 0 bridgehead atoms. The Kier molecular flexibility index (Phi) is 5.91. The maximum absolute atomic E-state index is 13.1. The molecule has 0 radical (unpaired) electrons. The largest absolute Gasteiger partial charge is 0.369 e. The number of anilines is 2. The summed E-state index contributed by atoms with van der Waals surface area (Å²) >= 11 is 0. The number of fused-ring (bicyclic) bond motifs is 6. The Morgan fingerprint density at radius 3 is 1.71 bits per heavy atom. The number of carbonyl (C=O) groups excluding carboxylic acids is 1. The van der Waals surface area contributed by atoms with Crippen molar-refractivity contribution in [2.75, 3.05) is 43.9 Å². The third-order valence-corrected chi connectivity index (χ3v) is 12.5. The van der Waals surface area contributed by atoms with Crippen LogP contribution in [0, 0.1) is 11.8 Å². The van der Waals surface area contributed by atoms with Gasteiger partial charge in [-0.05, 0) is 55.0 Å². The van der Waals surface area contributed by atoms with Crippen molar-refractivity contribution in [2.45, 2.75) is 94.8 Å². The summed E-state index contributed by atoms with van der Waals surface area (Å²) in [7, 11) is 2.35. The molecule has 42 heavy (non-hydrogen) atoms. The van der Waals surface area contributed by atoms with Crippen molar-refractivity contribution in [2.24, 2.45) is 11.8 Å². The van der Waals surface area contributed by atoms with Gasteiger partial charge in [0.25, 0.3) is 0 Å². The van der Waals surface area contributed by atoms with Gasteiger partial charge in [-0.25, -0.2) is 0 Å². The summed E-state index contributed by atoms with van der Waals surface area (Å²) in [5.74, 6) is 1.23. The van der Waals surface area contributed by atoms with E-state index in [-0.39, 0.29) is 35.1 Å². The fourth-order valence-electron chi connectivity index (χ4n) is 10.7. The lowest BCUT2D eigenvalue weighted by Gasteiger charge is -2.70. The van der Waals surface area contributed by atoms with Gasteiger partial charge in [0.2, 0.25) is 5.91 Å². The fraction of sp³-hybridized carbons (Fsp3) is 0.629. The van der Waals surface area contributed by atoms with Crippen LogP contribution in [-0.2, 0) is 15.6 Å². The van der Waals surface area contributed by atoms with Gasteiger partial charge >= 0.3 is 0 Å². The van der Waals surface area contributed by atoms with Crippen LogP contribution < -0.4 is 10.6 Å². The Morgan fingerprint density at radius 1 is 0.738 bits per heavy atom. The van der Waals surface area contributed by atoms with Crippen molar-refractivity contribution in [3.05, 3.63) is 59.7 Å².